The lowest BCUT2D eigenvalue weighted by molar-refractivity contribution is 0.0990. The molecule has 1 saturated heterocycles. The highest BCUT2D eigenvalue weighted by atomic mass is 16.5. The first-order valence-corrected chi connectivity index (χ1v) is 10.4. The number of piperidine rings is 1. The largest absolute Gasteiger partial charge is 0.490 e. The van der Waals surface area contributed by atoms with Crippen LogP contribution in [0.1, 0.15) is 28.9 Å². The van der Waals surface area contributed by atoms with Crippen molar-refractivity contribution in [1.82, 2.24) is 20.3 Å². The fraction of sp³-hybridized carbons (Fsp3) is 0.250. The molecule has 4 aromatic rings. The Bertz CT molecular complexity index is 1200. The molecule has 0 radical (unpaired) electrons. The van der Waals surface area contributed by atoms with E-state index in [1.807, 2.05) is 36.4 Å². The van der Waals surface area contributed by atoms with Gasteiger partial charge in [0.05, 0.1) is 24.3 Å². The van der Waals surface area contributed by atoms with Gasteiger partial charge in [0.1, 0.15) is 11.9 Å². The summed E-state index contributed by atoms with van der Waals surface area (Å²) in [6.07, 6.45) is 8.81. The van der Waals surface area contributed by atoms with Crippen LogP contribution < -0.4 is 10.1 Å². The topological polar surface area (TPSA) is 90.1 Å². The van der Waals surface area contributed by atoms with Gasteiger partial charge < -0.3 is 14.5 Å². The van der Waals surface area contributed by atoms with Crippen LogP contribution >= 0.6 is 0 Å². The van der Waals surface area contributed by atoms with Crippen molar-refractivity contribution in [3.63, 3.8) is 0 Å². The molecule has 7 nitrogen and oxygen atoms in total. The van der Waals surface area contributed by atoms with Crippen molar-refractivity contribution >= 4 is 16.7 Å². The third-order valence-electron chi connectivity index (χ3n) is 5.43. The van der Waals surface area contributed by atoms with E-state index in [-0.39, 0.29) is 18.3 Å². The summed E-state index contributed by atoms with van der Waals surface area (Å²) in [4.78, 5) is 25.7. The molecule has 4 heterocycles. The van der Waals surface area contributed by atoms with E-state index < -0.39 is 0 Å². The van der Waals surface area contributed by atoms with Crippen molar-refractivity contribution in [2.45, 2.75) is 25.4 Å². The molecular formula is C24H22N4O3. The Morgan fingerprint density at radius 3 is 2.84 bits per heavy atom. The summed E-state index contributed by atoms with van der Waals surface area (Å²) in [6, 6.07) is 11.3. The van der Waals surface area contributed by atoms with Crippen molar-refractivity contribution in [2.75, 3.05) is 13.1 Å². The summed E-state index contributed by atoms with van der Waals surface area (Å²) >= 11 is 0. The Balaban J connectivity index is 1.33. The maximum absolute atomic E-state index is 12.9. The number of aromatic nitrogens is 3. The van der Waals surface area contributed by atoms with Crippen LogP contribution in [-0.2, 0) is 6.42 Å². The number of carbonyl (C=O) groups excluding carboxylic acids is 1. The predicted octanol–water partition coefficient (Wildman–Crippen LogP) is 3.84. The SMILES string of the molecule is O=C(Cc1cc2cc(-c3cnco3)cnc2cn1)c1cccc(OC2CCNCC2)c1. The summed E-state index contributed by atoms with van der Waals surface area (Å²) in [5, 5.41) is 4.23. The molecule has 0 aliphatic carbocycles. The van der Waals surface area contributed by atoms with Crippen molar-refractivity contribution in [1.29, 1.82) is 0 Å². The Morgan fingerprint density at radius 1 is 1.10 bits per heavy atom. The first kappa shape index (κ1) is 19.4. The average Bonchev–Trinajstić information content (AvgIpc) is 3.34. The zero-order chi connectivity index (χ0) is 21.0. The van der Waals surface area contributed by atoms with Gasteiger partial charge in [-0.15, -0.1) is 0 Å². The fourth-order valence-electron chi connectivity index (χ4n) is 3.78. The highest BCUT2D eigenvalue weighted by molar-refractivity contribution is 5.98. The average molecular weight is 414 g/mol. The van der Waals surface area contributed by atoms with Gasteiger partial charge in [-0.05, 0) is 50.2 Å². The Morgan fingerprint density at radius 2 is 2.00 bits per heavy atom. The van der Waals surface area contributed by atoms with E-state index in [2.05, 4.69) is 20.3 Å². The molecule has 1 N–H and O–H groups in total. The third-order valence-corrected chi connectivity index (χ3v) is 5.43. The maximum Gasteiger partial charge on any atom is 0.181 e. The second-order valence-electron chi connectivity index (χ2n) is 7.65. The third kappa shape index (κ3) is 4.46. The molecule has 1 aliphatic rings. The van der Waals surface area contributed by atoms with Gasteiger partial charge in [-0.25, -0.2) is 4.98 Å². The lowest BCUT2D eigenvalue weighted by Gasteiger charge is -2.24. The van der Waals surface area contributed by atoms with E-state index in [0.717, 1.165) is 48.1 Å². The molecule has 1 aliphatic heterocycles. The lowest BCUT2D eigenvalue weighted by atomic mass is 10.0. The fourth-order valence-corrected chi connectivity index (χ4v) is 3.78. The molecule has 0 unspecified atom stereocenters. The molecule has 1 fully saturated rings. The van der Waals surface area contributed by atoms with Gasteiger partial charge in [-0.2, -0.15) is 0 Å². The van der Waals surface area contributed by atoms with Crippen LogP contribution in [0.2, 0.25) is 0 Å². The number of rotatable bonds is 6. The van der Waals surface area contributed by atoms with Gasteiger partial charge in [0, 0.05) is 28.4 Å². The number of ether oxygens (including phenoxy) is 1. The maximum atomic E-state index is 12.9. The van der Waals surface area contributed by atoms with Crippen LogP contribution in [0, 0.1) is 0 Å². The molecule has 0 saturated carbocycles. The molecule has 0 amide bonds. The summed E-state index contributed by atoms with van der Waals surface area (Å²) < 4.78 is 11.4. The summed E-state index contributed by atoms with van der Waals surface area (Å²) in [6.45, 7) is 1.92. The molecule has 31 heavy (non-hydrogen) atoms. The molecular weight excluding hydrogens is 392 g/mol. The van der Waals surface area contributed by atoms with E-state index in [0.29, 0.717) is 17.0 Å². The number of benzene rings is 1. The van der Waals surface area contributed by atoms with Crippen molar-refractivity contribution < 1.29 is 13.9 Å². The second kappa shape index (κ2) is 8.65. The molecule has 3 aromatic heterocycles. The quantitative estimate of drug-likeness (QED) is 0.479. The second-order valence-corrected chi connectivity index (χ2v) is 7.65. The first-order valence-electron chi connectivity index (χ1n) is 10.4. The van der Waals surface area contributed by atoms with Crippen LogP contribution in [0.25, 0.3) is 22.2 Å². The Hall–Kier alpha value is -3.58. The number of fused-ring (bicyclic) bond motifs is 1. The number of nitrogens with zero attached hydrogens (tertiary/aromatic N) is 3. The van der Waals surface area contributed by atoms with Gasteiger partial charge in [-0.1, -0.05) is 12.1 Å². The Labute approximate surface area is 179 Å². The molecule has 1 aromatic carbocycles. The zero-order valence-electron chi connectivity index (χ0n) is 17.0. The van der Waals surface area contributed by atoms with Gasteiger partial charge in [0.25, 0.3) is 0 Å². The van der Waals surface area contributed by atoms with Gasteiger partial charge in [-0.3, -0.25) is 14.8 Å². The van der Waals surface area contributed by atoms with Crippen LogP contribution in [0.5, 0.6) is 5.75 Å². The molecule has 5 rings (SSSR count). The summed E-state index contributed by atoms with van der Waals surface area (Å²) in [5.41, 5.74) is 2.91. The summed E-state index contributed by atoms with van der Waals surface area (Å²) in [7, 11) is 0. The molecule has 7 heteroatoms. The molecule has 156 valence electrons. The zero-order valence-corrected chi connectivity index (χ0v) is 17.0. The number of carbonyl (C=O) groups is 1. The van der Waals surface area contributed by atoms with E-state index in [1.165, 1.54) is 6.39 Å². The molecule has 0 spiro atoms. The highest BCUT2D eigenvalue weighted by Crippen LogP contribution is 2.23. The van der Waals surface area contributed by atoms with Crippen molar-refractivity contribution in [3.8, 4) is 17.1 Å². The monoisotopic (exact) mass is 414 g/mol. The van der Waals surface area contributed by atoms with Crippen LogP contribution in [0.4, 0.5) is 0 Å². The Kier molecular flexibility index (Phi) is 5.41. The lowest BCUT2D eigenvalue weighted by Crippen LogP contribution is -2.34. The normalized spacial score (nSPS) is 14.6. The number of pyridine rings is 2. The van der Waals surface area contributed by atoms with Gasteiger partial charge >= 0.3 is 0 Å². The number of ketones is 1. The standard InChI is InChI=1S/C24H22N4O3/c29-23(16-2-1-3-21(10-16)31-20-4-6-25-7-5-20)11-19-9-17-8-18(24-14-26-15-30-24)12-28-22(17)13-27-19/h1-3,8-10,12-15,20,25H,4-7,11H2. The van der Waals surface area contributed by atoms with E-state index >= 15 is 0 Å². The van der Waals surface area contributed by atoms with Gasteiger partial charge in [0.15, 0.2) is 17.9 Å². The molecule has 0 bridgehead atoms. The summed E-state index contributed by atoms with van der Waals surface area (Å²) in [5.74, 6) is 1.39. The predicted molar refractivity (Wildman–Crippen MR) is 116 cm³/mol. The smallest absolute Gasteiger partial charge is 0.181 e. The number of nitrogens with one attached hydrogen (secondary N) is 1. The first-order chi connectivity index (χ1) is 15.2. The molecule has 0 atom stereocenters. The minimum atomic E-state index is 0.00181. The van der Waals surface area contributed by atoms with E-state index in [9.17, 15) is 4.79 Å². The van der Waals surface area contributed by atoms with Crippen LogP contribution in [0.3, 0.4) is 0 Å². The number of hydrogen-bond acceptors (Lipinski definition) is 7. The van der Waals surface area contributed by atoms with Crippen molar-refractivity contribution in [2.24, 2.45) is 0 Å². The minimum Gasteiger partial charge on any atom is -0.490 e. The highest BCUT2D eigenvalue weighted by Gasteiger charge is 2.16. The van der Waals surface area contributed by atoms with Crippen molar-refractivity contribution in [3.05, 3.63) is 72.6 Å². The number of oxazole rings is 1. The van der Waals surface area contributed by atoms with Crippen LogP contribution in [-0.4, -0.2) is 39.9 Å². The van der Waals surface area contributed by atoms with Crippen LogP contribution in [0.15, 0.2) is 65.8 Å². The van der Waals surface area contributed by atoms with E-state index in [4.69, 9.17) is 9.15 Å². The number of hydrogen-bond donors (Lipinski definition) is 1. The number of Topliss-reactive ketones (excluding diaryl/α,β-unsaturated/α-hetero) is 1. The van der Waals surface area contributed by atoms with E-state index in [1.54, 1.807) is 18.6 Å². The van der Waals surface area contributed by atoms with Gasteiger partial charge in [0.2, 0.25) is 0 Å². The minimum absolute atomic E-state index is 0.00181.